The molecule has 0 spiro atoms. The lowest BCUT2D eigenvalue weighted by atomic mass is 9.96. The van der Waals surface area contributed by atoms with Crippen molar-refractivity contribution in [2.24, 2.45) is 5.92 Å². The van der Waals surface area contributed by atoms with Crippen LogP contribution in [0, 0.1) is 17.2 Å². The molecule has 2 saturated heterocycles. The van der Waals surface area contributed by atoms with Crippen molar-refractivity contribution in [2.75, 3.05) is 39.3 Å². The molecule has 0 saturated carbocycles. The standard InChI is InChI=1S/C29H38FN3O3/c1-29(2,30)20-32-14-11-21(12-15-32)19-36-27-10-9-24(16-25(27)17-31)22-5-7-23(8-6-22)28(35)33-13-3-4-26(34)18-33/h5-10,16,21,26,28,34-35H,3-4,11-15,18-20H2,1-2H3/t26-,28+/m0/s1. The van der Waals surface area contributed by atoms with Crippen molar-refractivity contribution in [3.8, 4) is 22.9 Å². The predicted molar refractivity (Wildman–Crippen MR) is 138 cm³/mol. The maximum Gasteiger partial charge on any atom is 0.137 e. The molecular weight excluding hydrogens is 457 g/mol. The number of benzene rings is 2. The van der Waals surface area contributed by atoms with E-state index in [9.17, 15) is 19.9 Å². The molecule has 2 heterocycles. The Morgan fingerprint density at radius 1 is 1.08 bits per heavy atom. The second kappa shape index (κ2) is 11.7. The summed E-state index contributed by atoms with van der Waals surface area (Å²) in [6, 6.07) is 15.6. The zero-order valence-electron chi connectivity index (χ0n) is 21.4. The zero-order chi connectivity index (χ0) is 25.7. The molecule has 2 aromatic rings. The van der Waals surface area contributed by atoms with Gasteiger partial charge in [0.05, 0.1) is 18.3 Å². The van der Waals surface area contributed by atoms with Gasteiger partial charge in [0.25, 0.3) is 0 Å². The topological polar surface area (TPSA) is 80.0 Å². The third kappa shape index (κ3) is 7.04. The Morgan fingerprint density at radius 3 is 2.42 bits per heavy atom. The summed E-state index contributed by atoms with van der Waals surface area (Å²) in [5.41, 5.74) is 1.97. The molecule has 0 unspecified atom stereocenters. The van der Waals surface area contributed by atoms with Crippen LogP contribution < -0.4 is 4.74 Å². The highest BCUT2D eigenvalue weighted by Crippen LogP contribution is 2.30. The average molecular weight is 496 g/mol. The second-order valence-corrected chi connectivity index (χ2v) is 10.9. The number of nitriles is 1. The second-order valence-electron chi connectivity index (χ2n) is 10.9. The number of ether oxygens (including phenoxy) is 1. The fourth-order valence-electron chi connectivity index (χ4n) is 5.24. The molecule has 6 nitrogen and oxygen atoms in total. The summed E-state index contributed by atoms with van der Waals surface area (Å²) in [5, 5.41) is 30.3. The SMILES string of the molecule is CC(C)(F)CN1CCC(COc2ccc(-c3ccc([C@@H](O)N4CCC[C@H](O)C4)cc3)cc2C#N)CC1. The van der Waals surface area contributed by atoms with Gasteiger partial charge in [-0.05, 0) is 87.4 Å². The Hall–Kier alpha value is -2.50. The van der Waals surface area contributed by atoms with Gasteiger partial charge in [-0.2, -0.15) is 5.26 Å². The van der Waals surface area contributed by atoms with Gasteiger partial charge >= 0.3 is 0 Å². The van der Waals surface area contributed by atoms with E-state index in [1.165, 1.54) is 0 Å². The average Bonchev–Trinajstić information content (AvgIpc) is 2.87. The van der Waals surface area contributed by atoms with Crippen molar-refractivity contribution in [2.45, 2.75) is 57.5 Å². The highest BCUT2D eigenvalue weighted by atomic mass is 19.1. The molecule has 0 amide bonds. The van der Waals surface area contributed by atoms with Gasteiger partial charge in [-0.15, -0.1) is 0 Å². The molecule has 2 aliphatic rings. The quantitative estimate of drug-likeness (QED) is 0.561. The summed E-state index contributed by atoms with van der Waals surface area (Å²) in [7, 11) is 0. The van der Waals surface area contributed by atoms with Crippen molar-refractivity contribution in [3.05, 3.63) is 53.6 Å². The lowest BCUT2D eigenvalue weighted by Crippen LogP contribution is -2.41. The van der Waals surface area contributed by atoms with Gasteiger partial charge in [0.15, 0.2) is 0 Å². The molecule has 2 atom stereocenters. The van der Waals surface area contributed by atoms with Gasteiger partial charge in [-0.25, -0.2) is 4.39 Å². The molecule has 7 heteroatoms. The van der Waals surface area contributed by atoms with Crippen LogP contribution in [0.5, 0.6) is 5.75 Å². The van der Waals surface area contributed by atoms with E-state index in [1.54, 1.807) is 13.8 Å². The fourth-order valence-corrected chi connectivity index (χ4v) is 5.24. The molecule has 0 radical (unpaired) electrons. The van der Waals surface area contributed by atoms with Gasteiger partial charge in [0.2, 0.25) is 0 Å². The first kappa shape index (κ1) is 26.6. The van der Waals surface area contributed by atoms with Crippen LogP contribution in [0.2, 0.25) is 0 Å². The number of hydrogen-bond donors (Lipinski definition) is 2. The zero-order valence-corrected chi connectivity index (χ0v) is 21.4. The van der Waals surface area contributed by atoms with Crippen LogP contribution in [-0.4, -0.2) is 71.1 Å². The Kier molecular flexibility index (Phi) is 8.63. The fraction of sp³-hybridized carbons (Fsp3) is 0.552. The number of halogens is 1. The van der Waals surface area contributed by atoms with Crippen LogP contribution in [0.4, 0.5) is 4.39 Å². The Bertz CT molecular complexity index is 1040. The Balaban J connectivity index is 1.34. The number of aliphatic hydroxyl groups is 2. The van der Waals surface area contributed by atoms with Crippen LogP contribution in [0.25, 0.3) is 11.1 Å². The van der Waals surface area contributed by atoms with E-state index in [-0.39, 0.29) is 6.10 Å². The smallest absolute Gasteiger partial charge is 0.137 e. The normalized spacial score (nSPS) is 21.2. The number of likely N-dealkylation sites (tertiary alicyclic amines) is 2. The van der Waals surface area contributed by atoms with Gasteiger partial charge in [0.1, 0.15) is 23.7 Å². The Morgan fingerprint density at radius 2 is 1.78 bits per heavy atom. The van der Waals surface area contributed by atoms with Crippen LogP contribution in [0.1, 0.15) is 56.9 Å². The van der Waals surface area contributed by atoms with Gasteiger partial charge in [-0.3, -0.25) is 4.90 Å². The van der Waals surface area contributed by atoms with E-state index in [0.717, 1.165) is 62.0 Å². The molecule has 36 heavy (non-hydrogen) atoms. The molecule has 4 rings (SSSR count). The summed E-state index contributed by atoms with van der Waals surface area (Å²) in [6.45, 7) is 7.24. The van der Waals surface area contributed by atoms with E-state index < -0.39 is 11.9 Å². The first-order valence-electron chi connectivity index (χ1n) is 13.0. The predicted octanol–water partition coefficient (Wildman–Crippen LogP) is 4.51. The third-order valence-electron chi connectivity index (χ3n) is 7.20. The van der Waals surface area contributed by atoms with E-state index in [0.29, 0.717) is 36.9 Å². The maximum absolute atomic E-state index is 13.9. The highest BCUT2D eigenvalue weighted by Gasteiger charge is 2.26. The Labute approximate surface area is 213 Å². The number of alkyl halides is 1. The van der Waals surface area contributed by atoms with Crippen molar-refractivity contribution in [1.82, 2.24) is 9.80 Å². The first-order chi connectivity index (χ1) is 17.2. The van der Waals surface area contributed by atoms with Crippen LogP contribution >= 0.6 is 0 Å². The first-order valence-corrected chi connectivity index (χ1v) is 13.0. The van der Waals surface area contributed by atoms with Gasteiger partial charge in [-0.1, -0.05) is 30.3 Å². The summed E-state index contributed by atoms with van der Waals surface area (Å²) >= 11 is 0. The lowest BCUT2D eigenvalue weighted by molar-refractivity contribution is -0.0455. The lowest BCUT2D eigenvalue weighted by Gasteiger charge is -2.34. The highest BCUT2D eigenvalue weighted by molar-refractivity contribution is 5.67. The third-order valence-corrected chi connectivity index (χ3v) is 7.20. The number of β-amino-alcohol motifs (C(OH)–C–C–N with tert-alkyl or cyclic N) is 1. The van der Waals surface area contributed by atoms with Gasteiger partial charge in [0, 0.05) is 19.6 Å². The maximum atomic E-state index is 13.9. The van der Waals surface area contributed by atoms with Crippen molar-refractivity contribution < 1.29 is 19.3 Å². The van der Waals surface area contributed by atoms with Crippen LogP contribution in [0.3, 0.4) is 0 Å². The van der Waals surface area contributed by atoms with E-state index in [4.69, 9.17) is 4.74 Å². The number of hydrogen-bond acceptors (Lipinski definition) is 6. The molecule has 2 aliphatic heterocycles. The van der Waals surface area contributed by atoms with Crippen molar-refractivity contribution >= 4 is 0 Å². The van der Waals surface area contributed by atoms with E-state index in [1.807, 2.05) is 47.4 Å². The van der Waals surface area contributed by atoms with Crippen LogP contribution in [-0.2, 0) is 0 Å². The molecule has 0 aromatic heterocycles. The number of aliphatic hydroxyl groups excluding tert-OH is 2. The number of nitrogens with zero attached hydrogens (tertiary/aromatic N) is 3. The largest absolute Gasteiger partial charge is 0.492 e. The van der Waals surface area contributed by atoms with Crippen LogP contribution in [0.15, 0.2) is 42.5 Å². The molecule has 2 fully saturated rings. The minimum atomic E-state index is -1.18. The molecular formula is C29H38FN3O3. The minimum Gasteiger partial charge on any atom is -0.492 e. The van der Waals surface area contributed by atoms with Gasteiger partial charge < -0.3 is 19.8 Å². The summed E-state index contributed by atoms with van der Waals surface area (Å²) in [5.74, 6) is 0.986. The molecule has 194 valence electrons. The summed E-state index contributed by atoms with van der Waals surface area (Å²) < 4.78 is 20.0. The molecule has 2 aromatic carbocycles. The van der Waals surface area contributed by atoms with Crippen molar-refractivity contribution in [1.29, 1.82) is 5.26 Å². The number of piperidine rings is 2. The van der Waals surface area contributed by atoms with E-state index in [2.05, 4.69) is 11.0 Å². The monoisotopic (exact) mass is 495 g/mol. The van der Waals surface area contributed by atoms with Crippen molar-refractivity contribution in [3.63, 3.8) is 0 Å². The summed E-state index contributed by atoms with van der Waals surface area (Å²) in [6.07, 6.45) is 2.45. The summed E-state index contributed by atoms with van der Waals surface area (Å²) in [4.78, 5) is 4.07. The molecule has 0 bridgehead atoms. The number of rotatable bonds is 8. The minimum absolute atomic E-state index is 0.389. The van der Waals surface area contributed by atoms with E-state index >= 15 is 0 Å². The molecule has 2 N–H and O–H groups in total. The molecule has 0 aliphatic carbocycles.